The van der Waals surface area contributed by atoms with Crippen molar-refractivity contribution in [2.75, 3.05) is 19.8 Å². The fourth-order valence-electron chi connectivity index (χ4n) is 2.19. The van der Waals surface area contributed by atoms with E-state index in [1.165, 1.54) is 11.3 Å². The van der Waals surface area contributed by atoms with Crippen molar-refractivity contribution in [3.63, 3.8) is 0 Å². The Kier molecular flexibility index (Phi) is 4.00. The third-order valence-corrected chi connectivity index (χ3v) is 4.08. The molecule has 90 valence electrons. The largest absolute Gasteiger partial charge is 0.381 e. The summed E-state index contributed by atoms with van der Waals surface area (Å²) in [6.45, 7) is 7.31. The van der Waals surface area contributed by atoms with E-state index in [9.17, 15) is 0 Å². The molecule has 0 aliphatic carbocycles. The van der Waals surface area contributed by atoms with Crippen LogP contribution in [0, 0.1) is 5.41 Å². The van der Waals surface area contributed by atoms with Crippen LogP contribution in [0.1, 0.15) is 25.1 Å². The van der Waals surface area contributed by atoms with Gasteiger partial charge < -0.3 is 10.1 Å². The highest BCUT2D eigenvalue weighted by atomic mass is 32.1. The van der Waals surface area contributed by atoms with Crippen LogP contribution in [0.15, 0.2) is 17.5 Å². The van der Waals surface area contributed by atoms with Gasteiger partial charge in [-0.15, -0.1) is 11.3 Å². The average Bonchev–Trinajstić information content (AvgIpc) is 2.88. The van der Waals surface area contributed by atoms with Crippen molar-refractivity contribution in [3.05, 3.63) is 22.4 Å². The quantitative estimate of drug-likeness (QED) is 0.853. The molecule has 0 saturated carbocycles. The lowest BCUT2D eigenvalue weighted by Crippen LogP contribution is -2.39. The first-order valence-corrected chi connectivity index (χ1v) is 6.92. The van der Waals surface area contributed by atoms with Gasteiger partial charge in [-0.05, 0) is 24.3 Å². The summed E-state index contributed by atoms with van der Waals surface area (Å²) in [5.74, 6) is 0. The van der Waals surface area contributed by atoms with Crippen LogP contribution >= 0.6 is 11.3 Å². The van der Waals surface area contributed by atoms with E-state index in [4.69, 9.17) is 4.74 Å². The number of thiophene rings is 1. The number of rotatable bonds is 5. The van der Waals surface area contributed by atoms with Gasteiger partial charge in [0, 0.05) is 29.5 Å². The van der Waals surface area contributed by atoms with Gasteiger partial charge in [-0.1, -0.05) is 19.9 Å². The second kappa shape index (κ2) is 5.30. The maximum absolute atomic E-state index is 5.61. The maximum Gasteiger partial charge on any atom is 0.0538 e. The highest BCUT2D eigenvalue weighted by Gasteiger charge is 2.35. The number of ether oxygens (including phenoxy) is 1. The lowest BCUT2D eigenvalue weighted by molar-refractivity contribution is 0.148. The van der Waals surface area contributed by atoms with Crippen molar-refractivity contribution in [2.45, 2.75) is 32.7 Å². The summed E-state index contributed by atoms with van der Waals surface area (Å²) in [7, 11) is 0. The number of hydrogen-bond acceptors (Lipinski definition) is 3. The van der Waals surface area contributed by atoms with Crippen LogP contribution in [0.25, 0.3) is 0 Å². The van der Waals surface area contributed by atoms with Crippen LogP contribution in [-0.2, 0) is 11.2 Å². The summed E-state index contributed by atoms with van der Waals surface area (Å²) in [6, 6.07) is 4.93. The monoisotopic (exact) mass is 239 g/mol. The molecular weight excluding hydrogens is 218 g/mol. The zero-order valence-electron chi connectivity index (χ0n) is 10.2. The van der Waals surface area contributed by atoms with E-state index < -0.39 is 0 Å². The minimum Gasteiger partial charge on any atom is -0.381 e. The summed E-state index contributed by atoms with van der Waals surface area (Å²) in [5.41, 5.74) is 0.328. The molecule has 0 aromatic carbocycles. The van der Waals surface area contributed by atoms with Gasteiger partial charge in [-0.3, -0.25) is 0 Å². The van der Waals surface area contributed by atoms with Crippen LogP contribution in [0.3, 0.4) is 0 Å². The minimum absolute atomic E-state index is 0.328. The molecular formula is C13H21NOS. The van der Waals surface area contributed by atoms with Crippen LogP contribution in [0.2, 0.25) is 0 Å². The summed E-state index contributed by atoms with van der Waals surface area (Å²) in [5, 5.41) is 5.73. The molecule has 2 heterocycles. The van der Waals surface area contributed by atoms with Crippen LogP contribution in [0.5, 0.6) is 0 Å². The molecule has 1 fully saturated rings. The SMILES string of the molecule is CC(C)NCC1(Cc2cccs2)CCOC1. The van der Waals surface area contributed by atoms with Gasteiger partial charge in [-0.2, -0.15) is 0 Å². The van der Waals surface area contributed by atoms with Crippen molar-refractivity contribution >= 4 is 11.3 Å². The molecule has 0 spiro atoms. The minimum atomic E-state index is 0.328. The molecule has 1 aromatic rings. The molecule has 2 nitrogen and oxygen atoms in total. The summed E-state index contributed by atoms with van der Waals surface area (Å²) >= 11 is 1.86. The Balaban J connectivity index is 1.98. The molecule has 1 N–H and O–H groups in total. The van der Waals surface area contributed by atoms with Gasteiger partial charge in [0.1, 0.15) is 0 Å². The van der Waals surface area contributed by atoms with E-state index in [1.54, 1.807) is 0 Å². The molecule has 1 aliphatic rings. The average molecular weight is 239 g/mol. The van der Waals surface area contributed by atoms with Gasteiger partial charge >= 0.3 is 0 Å². The highest BCUT2D eigenvalue weighted by molar-refractivity contribution is 7.09. The molecule has 0 bridgehead atoms. The van der Waals surface area contributed by atoms with E-state index in [0.717, 1.165) is 26.2 Å². The third-order valence-electron chi connectivity index (χ3n) is 3.20. The summed E-state index contributed by atoms with van der Waals surface area (Å²) < 4.78 is 5.61. The van der Waals surface area contributed by atoms with Crippen molar-refractivity contribution in [2.24, 2.45) is 5.41 Å². The van der Waals surface area contributed by atoms with Crippen LogP contribution in [0.4, 0.5) is 0 Å². The predicted octanol–water partition coefficient (Wildman–Crippen LogP) is 2.70. The fraction of sp³-hybridized carbons (Fsp3) is 0.692. The number of nitrogens with one attached hydrogen (secondary N) is 1. The molecule has 16 heavy (non-hydrogen) atoms. The van der Waals surface area contributed by atoms with Gasteiger partial charge in [0.2, 0.25) is 0 Å². The maximum atomic E-state index is 5.61. The normalized spacial score (nSPS) is 25.4. The van der Waals surface area contributed by atoms with E-state index in [-0.39, 0.29) is 0 Å². The van der Waals surface area contributed by atoms with Gasteiger partial charge in [0.05, 0.1) is 6.61 Å². The predicted molar refractivity (Wildman–Crippen MR) is 69.0 cm³/mol. The first-order chi connectivity index (χ1) is 7.70. The smallest absolute Gasteiger partial charge is 0.0538 e. The van der Waals surface area contributed by atoms with Crippen molar-refractivity contribution in [1.29, 1.82) is 0 Å². The second-order valence-electron chi connectivity index (χ2n) is 5.09. The van der Waals surface area contributed by atoms with E-state index in [0.29, 0.717) is 11.5 Å². The lowest BCUT2D eigenvalue weighted by Gasteiger charge is -2.28. The van der Waals surface area contributed by atoms with Crippen LogP contribution < -0.4 is 5.32 Å². The topological polar surface area (TPSA) is 21.3 Å². The van der Waals surface area contributed by atoms with Crippen LogP contribution in [-0.4, -0.2) is 25.8 Å². The zero-order valence-corrected chi connectivity index (χ0v) is 11.0. The lowest BCUT2D eigenvalue weighted by atomic mass is 9.83. The molecule has 1 unspecified atom stereocenters. The standard InChI is InChI=1S/C13H21NOS/c1-11(2)14-9-13(5-6-15-10-13)8-12-4-3-7-16-12/h3-4,7,11,14H,5-6,8-10H2,1-2H3. The molecule has 1 atom stereocenters. The van der Waals surface area contributed by atoms with E-state index in [1.807, 2.05) is 11.3 Å². The highest BCUT2D eigenvalue weighted by Crippen LogP contribution is 2.33. The third kappa shape index (κ3) is 3.06. The van der Waals surface area contributed by atoms with E-state index >= 15 is 0 Å². The van der Waals surface area contributed by atoms with E-state index in [2.05, 4.69) is 36.7 Å². The van der Waals surface area contributed by atoms with Gasteiger partial charge in [0.25, 0.3) is 0 Å². The molecule has 1 aliphatic heterocycles. The Hall–Kier alpha value is -0.380. The molecule has 2 rings (SSSR count). The first-order valence-electron chi connectivity index (χ1n) is 6.04. The van der Waals surface area contributed by atoms with Gasteiger partial charge in [-0.25, -0.2) is 0 Å². The summed E-state index contributed by atoms with van der Waals surface area (Å²) in [4.78, 5) is 1.48. The Bertz CT molecular complexity index is 302. The number of hydrogen-bond donors (Lipinski definition) is 1. The molecule has 0 radical (unpaired) electrons. The van der Waals surface area contributed by atoms with Gasteiger partial charge in [0.15, 0.2) is 0 Å². The Morgan fingerprint density at radius 1 is 1.56 bits per heavy atom. The molecule has 1 aromatic heterocycles. The Labute approximate surface area is 102 Å². The molecule has 1 saturated heterocycles. The first kappa shape index (κ1) is 12.1. The van der Waals surface area contributed by atoms with Crippen molar-refractivity contribution in [1.82, 2.24) is 5.32 Å². The second-order valence-corrected chi connectivity index (χ2v) is 6.13. The van der Waals surface area contributed by atoms with Crippen molar-refractivity contribution in [3.8, 4) is 0 Å². The Morgan fingerprint density at radius 3 is 3.00 bits per heavy atom. The van der Waals surface area contributed by atoms with Crippen molar-refractivity contribution < 1.29 is 4.74 Å². The fourth-order valence-corrected chi connectivity index (χ4v) is 3.07. The molecule has 3 heteroatoms. The summed E-state index contributed by atoms with van der Waals surface area (Å²) in [6.07, 6.45) is 2.34. The molecule has 0 amide bonds. The Morgan fingerprint density at radius 2 is 2.44 bits per heavy atom. The zero-order chi connectivity index (χ0) is 11.4.